The molecule has 200 valence electrons. The quantitative estimate of drug-likeness (QED) is 0.512. The number of nitrogens with one attached hydrogen (secondary N) is 1. The highest BCUT2D eigenvalue weighted by atomic mass is 19.4. The van der Waals surface area contributed by atoms with E-state index in [0.717, 1.165) is 11.8 Å². The lowest BCUT2D eigenvalue weighted by Gasteiger charge is -2.41. The number of carbonyl (C=O) groups is 2. The number of anilines is 1. The fourth-order valence-electron chi connectivity index (χ4n) is 5.06. The molecule has 5 rings (SSSR count). The maximum atomic E-state index is 13.2. The number of ether oxygens (including phenoxy) is 1. The Morgan fingerprint density at radius 3 is 2.45 bits per heavy atom. The molecule has 2 amide bonds. The smallest absolute Gasteiger partial charge is 0.416 e. The summed E-state index contributed by atoms with van der Waals surface area (Å²) in [5.74, 6) is 0.208. The van der Waals surface area contributed by atoms with Crippen molar-refractivity contribution in [1.82, 2.24) is 10.2 Å². The van der Waals surface area contributed by atoms with Crippen LogP contribution in [0.5, 0.6) is 5.75 Å². The molecule has 38 heavy (non-hydrogen) atoms. The van der Waals surface area contributed by atoms with E-state index >= 15 is 0 Å². The molecule has 10 heteroatoms. The number of halogens is 3. The number of alkyl halides is 3. The molecule has 3 aromatic rings. The van der Waals surface area contributed by atoms with Gasteiger partial charge in [0.25, 0.3) is 5.91 Å². The minimum atomic E-state index is -4.40. The van der Waals surface area contributed by atoms with E-state index in [9.17, 15) is 22.8 Å². The van der Waals surface area contributed by atoms with Gasteiger partial charge >= 0.3 is 6.18 Å². The van der Waals surface area contributed by atoms with Crippen molar-refractivity contribution in [2.45, 2.75) is 37.6 Å². The van der Waals surface area contributed by atoms with E-state index in [2.05, 4.69) is 10.2 Å². The van der Waals surface area contributed by atoms with E-state index in [0.29, 0.717) is 56.8 Å². The SMILES string of the molecule is O=C(NCC(=O)N1CCC2(CC1)CCN(Cc1cccc(C(F)(F)F)c1)c1ccccc1O2)c1ccco1. The first-order valence-electron chi connectivity index (χ1n) is 12.5. The molecular formula is C28H28F3N3O4. The first kappa shape index (κ1) is 25.7. The number of furan rings is 1. The van der Waals surface area contributed by atoms with Crippen LogP contribution in [-0.2, 0) is 17.5 Å². The Bertz CT molecular complexity index is 1280. The van der Waals surface area contributed by atoms with Gasteiger partial charge < -0.3 is 24.3 Å². The number of likely N-dealkylation sites (tertiary alicyclic amines) is 1. The number of amides is 2. The van der Waals surface area contributed by atoms with E-state index in [1.165, 1.54) is 24.5 Å². The molecule has 3 heterocycles. The summed E-state index contributed by atoms with van der Waals surface area (Å²) in [5.41, 5.74) is 0.249. The summed E-state index contributed by atoms with van der Waals surface area (Å²) >= 11 is 0. The summed E-state index contributed by atoms with van der Waals surface area (Å²) in [6, 6.07) is 16.1. The lowest BCUT2D eigenvalue weighted by atomic mass is 9.87. The highest BCUT2D eigenvalue weighted by Gasteiger charge is 2.40. The van der Waals surface area contributed by atoms with Crippen molar-refractivity contribution in [1.29, 1.82) is 0 Å². The van der Waals surface area contributed by atoms with Crippen LogP contribution in [0.25, 0.3) is 0 Å². The van der Waals surface area contributed by atoms with Gasteiger partial charge in [-0.3, -0.25) is 9.59 Å². The zero-order chi connectivity index (χ0) is 26.8. The fourth-order valence-corrected chi connectivity index (χ4v) is 5.06. The number of benzene rings is 2. The van der Waals surface area contributed by atoms with Gasteiger partial charge in [0.15, 0.2) is 5.76 Å². The molecule has 0 aliphatic carbocycles. The topological polar surface area (TPSA) is 75.0 Å². The molecule has 7 nitrogen and oxygen atoms in total. The highest BCUT2D eigenvalue weighted by molar-refractivity contribution is 5.94. The Morgan fingerprint density at radius 1 is 0.947 bits per heavy atom. The Kier molecular flexibility index (Phi) is 7.05. The van der Waals surface area contributed by atoms with Crippen molar-refractivity contribution in [3.63, 3.8) is 0 Å². The van der Waals surface area contributed by atoms with Crippen molar-refractivity contribution in [3.05, 3.63) is 83.8 Å². The van der Waals surface area contributed by atoms with Crippen molar-refractivity contribution in [3.8, 4) is 5.75 Å². The summed E-state index contributed by atoms with van der Waals surface area (Å²) < 4.78 is 51.3. The highest BCUT2D eigenvalue weighted by Crippen LogP contribution is 2.41. The van der Waals surface area contributed by atoms with Crippen molar-refractivity contribution >= 4 is 17.5 Å². The summed E-state index contributed by atoms with van der Waals surface area (Å²) in [6.07, 6.45) is -1.12. The van der Waals surface area contributed by atoms with Crippen LogP contribution >= 0.6 is 0 Å². The number of rotatable bonds is 5. The number of piperidine rings is 1. The van der Waals surface area contributed by atoms with Crippen molar-refractivity contribution < 1.29 is 31.9 Å². The summed E-state index contributed by atoms with van der Waals surface area (Å²) in [5, 5.41) is 2.59. The molecule has 2 aliphatic rings. The molecule has 1 N–H and O–H groups in total. The third-order valence-corrected chi connectivity index (χ3v) is 7.17. The number of fused-ring (bicyclic) bond motifs is 1. The largest absolute Gasteiger partial charge is 0.485 e. The summed E-state index contributed by atoms with van der Waals surface area (Å²) in [6.45, 7) is 1.75. The maximum Gasteiger partial charge on any atom is 0.416 e. The molecule has 1 saturated heterocycles. The summed E-state index contributed by atoms with van der Waals surface area (Å²) in [7, 11) is 0. The van der Waals surface area contributed by atoms with Gasteiger partial charge in [0.1, 0.15) is 11.4 Å². The molecule has 1 spiro atoms. The standard InChI is InChI=1S/C28H28F3N3O4/c29-28(30,31)21-6-3-5-20(17-21)19-34-15-12-27(38-23-8-2-1-7-22(23)34)10-13-33(14-11-27)25(35)18-32-26(36)24-9-4-16-37-24/h1-9,16-17H,10-15,18-19H2,(H,32,36). The first-order chi connectivity index (χ1) is 18.2. The summed E-state index contributed by atoms with van der Waals surface area (Å²) in [4.78, 5) is 28.6. The van der Waals surface area contributed by atoms with Crippen molar-refractivity contribution in [2.24, 2.45) is 0 Å². The Balaban J connectivity index is 1.24. The van der Waals surface area contributed by atoms with Gasteiger partial charge in [-0.25, -0.2) is 0 Å². The van der Waals surface area contributed by atoms with Gasteiger partial charge in [-0.1, -0.05) is 24.3 Å². The average Bonchev–Trinajstić information content (AvgIpc) is 3.41. The van der Waals surface area contributed by atoms with Gasteiger partial charge in [0, 0.05) is 45.4 Å². The molecule has 2 aliphatic heterocycles. The second-order valence-electron chi connectivity index (χ2n) is 9.66. The molecule has 1 fully saturated rings. The minimum absolute atomic E-state index is 0.124. The van der Waals surface area contributed by atoms with Crippen molar-refractivity contribution in [2.75, 3.05) is 31.1 Å². The molecule has 1 aromatic heterocycles. The monoisotopic (exact) mass is 527 g/mol. The average molecular weight is 528 g/mol. The van der Waals surface area contributed by atoms with Gasteiger partial charge in [-0.05, 0) is 42.0 Å². The molecule has 0 saturated carbocycles. The lowest BCUT2D eigenvalue weighted by molar-refractivity contribution is -0.137. The van der Waals surface area contributed by atoms with E-state index in [1.807, 2.05) is 24.3 Å². The van der Waals surface area contributed by atoms with E-state index in [-0.39, 0.29) is 18.2 Å². The third-order valence-electron chi connectivity index (χ3n) is 7.17. The van der Waals surface area contributed by atoms with Crippen LogP contribution in [0.15, 0.2) is 71.3 Å². The van der Waals surface area contributed by atoms with Crippen LogP contribution in [0.1, 0.15) is 40.9 Å². The third kappa shape index (κ3) is 5.64. The molecule has 2 aromatic carbocycles. The molecule has 0 unspecified atom stereocenters. The first-order valence-corrected chi connectivity index (χ1v) is 12.5. The molecular weight excluding hydrogens is 499 g/mol. The van der Waals surface area contributed by atoms with Crippen LogP contribution < -0.4 is 15.0 Å². The maximum absolute atomic E-state index is 13.2. The molecule has 0 atom stereocenters. The number of hydrogen-bond acceptors (Lipinski definition) is 5. The van der Waals surface area contributed by atoms with E-state index in [4.69, 9.17) is 9.15 Å². The number of para-hydroxylation sites is 2. The zero-order valence-corrected chi connectivity index (χ0v) is 20.7. The van der Waals surface area contributed by atoms with Gasteiger partial charge in [0.05, 0.1) is 24.1 Å². The van der Waals surface area contributed by atoms with Crippen LogP contribution in [0, 0.1) is 0 Å². The van der Waals surface area contributed by atoms with Crippen LogP contribution in [-0.4, -0.2) is 48.5 Å². The Labute approximate surface area is 218 Å². The molecule has 0 radical (unpaired) electrons. The predicted molar refractivity (Wildman–Crippen MR) is 134 cm³/mol. The van der Waals surface area contributed by atoms with Crippen LogP contribution in [0.3, 0.4) is 0 Å². The number of carbonyl (C=O) groups excluding carboxylic acids is 2. The van der Waals surface area contributed by atoms with Gasteiger partial charge in [-0.15, -0.1) is 0 Å². The normalized spacial score (nSPS) is 16.9. The molecule has 0 bridgehead atoms. The van der Waals surface area contributed by atoms with E-state index < -0.39 is 23.2 Å². The second-order valence-corrected chi connectivity index (χ2v) is 9.66. The van der Waals surface area contributed by atoms with Crippen LogP contribution in [0.2, 0.25) is 0 Å². The minimum Gasteiger partial charge on any atom is -0.485 e. The second kappa shape index (κ2) is 10.4. The predicted octanol–water partition coefficient (Wildman–Crippen LogP) is 4.88. The fraction of sp³-hybridized carbons (Fsp3) is 0.357. The van der Waals surface area contributed by atoms with Gasteiger partial charge in [0.2, 0.25) is 5.91 Å². The van der Waals surface area contributed by atoms with Crippen LogP contribution in [0.4, 0.5) is 18.9 Å². The Hall–Kier alpha value is -3.95. The number of hydrogen-bond donors (Lipinski definition) is 1. The number of nitrogens with zero attached hydrogens (tertiary/aromatic N) is 2. The van der Waals surface area contributed by atoms with E-state index in [1.54, 1.807) is 17.0 Å². The lowest BCUT2D eigenvalue weighted by Crippen LogP contribution is -2.52. The zero-order valence-electron chi connectivity index (χ0n) is 20.7. The van der Waals surface area contributed by atoms with Gasteiger partial charge in [-0.2, -0.15) is 13.2 Å². The Morgan fingerprint density at radius 2 is 1.71 bits per heavy atom.